The van der Waals surface area contributed by atoms with Crippen LogP contribution in [0.15, 0.2) is 413 Å². The van der Waals surface area contributed by atoms with E-state index in [1.165, 1.54) is 254 Å². The van der Waals surface area contributed by atoms with E-state index in [1.54, 1.807) is 0 Å². The largest absolute Gasteiger partial charge is 0.0622 e. The fourth-order valence-electron chi connectivity index (χ4n) is 22.6. The fourth-order valence-corrected chi connectivity index (χ4v) is 22.6. The van der Waals surface area contributed by atoms with Gasteiger partial charge in [0.15, 0.2) is 0 Å². The van der Waals surface area contributed by atoms with Crippen LogP contribution in [0.4, 0.5) is 0 Å². The van der Waals surface area contributed by atoms with Crippen molar-refractivity contribution < 1.29 is 0 Å². The molecule has 0 unspecified atom stereocenters. The van der Waals surface area contributed by atoms with Crippen LogP contribution in [-0.4, -0.2) is 0 Å². The zero-order valence-electron chi connectivity index (χ0n) is 76.3. The lowest BCUT2D eigenvalue weighted by atomic mass is 9.80. The standard InChI is InChI=1S/C45H38.C43H34.C42H32/c1-44(2,3)32-25-22-30(23-26-32)41-33-16-9-10-17-34(33)42(38-28-31(24-27-35(38)41)29-14-7-6-8-15-29)37-19-13-21-40-43(37)36-18-11-12-20-39(36)45(40,4)5;1-27-23-28(2)25-31(24-27)40-32-15-8-9-16-33(32)41(37-26-30(21-22-34(37)40)29-13-6-5-7-14-29)36-18-12-20-39-42(36)35-17-10-11-19-38(35)43(39,3)4;1-27-20-22-29(23-21-27)39-31-14-7-8-15-32(31)40(36-26-30(24-25-33(36)39)28-12-5-4-6-13-28)35-17-11-19-38-41(35)34-16-9-10-18-37(34)42(38,2)3/h6-28H,1-5H3;5-26H,1-4H3;4-26H,1-3H3. The van der Waals surface area contributed by atoms with Crippen molar-refractivity contribution in [3.8, 4) is 134 Å². The van der Waals surface area contributed by atoms with Gasteiger partial charge in [0.2, 0.25) is 0 Å². The minimum absolute atomic E-state index is 0.0510. The minimum atomic E-state index is -0.0581. The van der Waals surface area contributed by atoms with Gasteiger partial charge in [-0.2, -0.15) is 0 Å². The Labute approximate surface area is 765 Å². The van der Waals surface area contributed by atoms with Crippen molar-refractivity contribution in [1.29, 1.82) is 0 Å². The van der Waals surface area contributed by atoms with E-state index in [2.05, 4.69) is 496 Å². The van der Waals surface area contributed by atoms with Crippen molar-refractivity contribution in [2.45, 2.75) is 105 Å². The van der Waals surface area contributed by atoms with E-state index in [-0.39, 0.29) is 21.7 Å². The molecule has 0 atom stereocenters. The fraction of sp³-hybridized carbons (Fsp3) is 0.123. The first-order valence-corrected chi connectivity index (χ1v) is 46.3. The molecule has 0 nitrogen and oxygen atoms in total. The van der Waals surface area contributed by atoms with Crippen molar-refractivity contribution in [2.75, 3.05) is 0 Å². The predicted molar refractivity (Wildman–Crippen MR) is 559 cm³/mol. The highest BCUT2D eigenvalue weighted by Crippen LogP contribution is 2.60. The molecule has 3 aliphatic carbocycles. The van der Waals surface area contributed by atoms with Gasteiger partial charge in [-0.15, -0.1) is 0 Å². The number of hydrogen-bond acceptors (Lipinski definition) is 0. The van der Waals surface area contributed by atoms with Gasteiger partial charge in [-0.05, 0) is 281 Å². The summed E-state index contributed by atoms with van der Waals surface area (Å²) in [5, 5.41) is 15.5. The molecular formula is C130H104. The Morgan fingerprint density at radius 3 is 0.715 bits per heavy atom. The SMILES string of the molecule is CC(C)(C)c1ccc(-c2c3ccccc3c(-c3cccc4c3-c3ccccc3C4(C)C)c3cc(-c4ccccc4)ccc23)cc1.Cc1cc(C)cc(-c2c3ccccc3c(-c3cccc4c3-c3ccccc3C4(C)C)c3cc(-c4ccccc4)ccc23)c1.Cc1ccc(-c2c3ccccc3c(-c3cccc4c3-c3ccccc3C4(C)C)c3cc(-c4ccccc4)ccc23)cc1. The average Bonchev–Trinajstić information content (AvgIpc) is 1.37. The van der Waals surface area contributed by atoms with Crippen molar-refractivity contribution in [2.24, 2.45) is 0 Å². The number of rotatable bonds is 9. The summed E-state index contributed by atoms with van der Waals surface area (Å²) in [7, 11) is 0. The second kappa shape index (κ2) is 31.6. The van der Waals surface area contributed by atoms with Crippen LogP contribution >= 0.6 is 0 Å². The summed E-state index contributed by atoms with van der Waals surface area (Å²) in [6.45, 7) is 27.6. The predicted octanol–water partition coefficient (Wildman–Crippen LogP) is 36.1. The summed E-state index contributed by atoms with van der Waals surface area (Å²) < 4.78 is 0. The third kappa shape index (κ3) is 13.4. The van der Waals surface area contributed by atoms with E-state index in [0.29, 0.717) is 0 Å². The molecule has 0 fully saturated rings. The molecule has 0 heteroatoms. The summed E-state index contributed by atoms with van der Waals surface area (Å²) in [5.41, 5.74) is 44.8. The molecule has 0 bridgehead atoms. The van der Waals surface area contributed by atoms with Gasteiger partial charge in [0.25, 0.3) is 0 Å². The van der Waals surface area contributed by atoms with Crippen LogP contribution in [0, 0.1) is 20.8 Å². The van der Waals surface area contributed by atoms with E-state index >= 15 is 0 Å². The van der Waals surface area contributed by atoms with Gasteiger partial charge in [-0.3, -0.25) is 0 Å². The van der Waals surface area contributed by atoms with E-state index < -0.39 is 0 Å². The first-order valence-electron chi connectivity index (χ1n) is 46.3. The van der Waals surface area contributed by atoms with Gasteiger partial charge in [0, 0.05) is 16.2 Å². The topological polar surface area (TPSA) is 0 Å². The van der Waals surface area contributed by atoms with Crippen LogP contribution < -0.4 is 0 Å². The van der Waals surface area contributed by atoms with Crippen LogP contribution in [0.2, 0.25) is 0 Å². The molecule has 0 aliphatic heterocycles. The normalized spacial score (nSPS) is 13.4. The molecule has 0 saturated carbocycles. The van der Waals surface area contributed by atoms with Crippen molar-refractivity contribution in [3.63, 3.8) is 0 Å². The Bertz CT molecular complexity index is 8100. The first kappa shape index (κ1) is 81.0. The molecule has 3 aliphatic rings. The molecular weight excluding hydrogens is 1560 g/mol. The molecule has 21 aromatic rings. The van der Waals surface area contributed by atoms with E-state index in [0.717, 1.165) is 0 Å². The Morgan fingerprint density at radius 1 is 0.154 bits per heavy atom. The lowest BCUT2D eigenvalue weighted by molar-refractivity contribution is 0.590. The molecule has 0 amide bonds. The summed E-state index contributed by atoms with van der Waals surface area (Å²) >= 11 is 0. The Kier molecular flexibility index (Phi) is 19.7. The molecule has 0 heterocycles. The third-order valence-electron chi connectivity index (χ3n) is 28.9. The molecule has 624 valence electrons. The molecule has 24 rings (SSSR count). The summed E-state index contributed by atoms with van der Waals surface area (Å²) in [5.74, 6) is 0. The van der Waals surface area contributed by atoms with Crippen LogP contribution in [0.25, 0.3) is 198 Å². The lowest BCUT2D eigenvalue weighted by Gasteiger charge is -2.23. The maximum Gasteiger partial charge on any atom is 0.0159 e. The quantitative estimate of drug-likeness (QED) is 0.126. The van der Waals surface area contributed by atoms with Gasteiger partial charge < -0.3 is 0 Å². The summed E-state index contributed by atoms with van der Waals surface area (Å²) in [6, 6.07) is 154. The highest BCUT2D eigenvalue weighted by molar-refractivity contribution is 6.27. The Morgan fingerprint density at radius 2 is 0.400 bits per heavy atom. The maximum absolute atomic E-state index is 2.44. The minimum Gasteiger partial charge on any atom is -0.0622 e. The second-order valence-corrected chi connectivity index (χ2v) is 39.0. The van der Waals surface area contributed by atoms with Crippen LogP contribution in [0.5, 0.6) is 0 Å². The van der Waals surface area contributed by atoms with Gasteiger partial charge in [0.1, 0.15) is 0 Å². The van der Waals surface area contributed by atoms with Crippen molar-refractivity contribution in [1.82, 2.24) is 0 Å². The van der Waals surface area contributed by atoms with Crippen LogP contribution in [0.1, 0.15) is 118 Å². The van der Waals surface area contributed by atoms with E-state index in [9.17, 15) is 0 Å². The lowest BCUT2D eigenvalue weighted by Crippen LogP contribution is -2.14. The number of benzene rings is 21. The van der Waals surface area contributed by atoms with Crippen molar-refractivity contribution >= 4 is 64.6 Å². The summed E-state index contributed by atoms with van der Waals surface area (Å²) in [4.78, 5) is 0. The number of hydrogen-bond donors (Lipinski definition) is 0. The van der Waals surface area contributed by atoms with E-state index in [4.69, 9.17) is 0 Å². The number of aryl methyl sites for hydroxylation is 3. The highest BCUT2D eigenvalue weighted by atomic mass is 14.4. The van der Waals surface area contributed by atoms with Crippen LogP contribution in [-0.2, 0) is 21.7 Å². The Hall–Kier alpha value is -14.8. The summed E-state index contributed by atoms with van der Waals surface area (Å²) in [6.07, 6.45) is 0. The zero-order chi connectivity index (χ0) is 88.6. The molecule has 21 aromatic carbocycles. The molecule has 0 N–H and O–H groups in total. The third-order valence-corrected chi connectivity index (χ3v) is 28.9. The van der Waals surface area contributed by atoms with Gasteiger partial charge in [0.05, 0.1) is 0 Å². The van der Waals surface area contributed by atoms with Crippen LogP contribution in [0.3, 0.4) is 0 Å². The van der Waals surface area contributed by atoms with Gasteiger partial charge in [-0.25, -0.2) is 0 Å². The molecule has 0 aromatic heterocycles. The average molecular weight is 1670 g/mol. The molecule has 130 heavy (non-hydrogen) atoms. The number of fused-ring (bicyclic) bond motifs is 15. The van der Waals surface area contributed by atoms with Gasteiger partial charge >= 0.3 is 0 Å². The first-order chi connectivity index (χ1) is 63.2. The van der Waals surface area contributed by atoms with E-state index in [1.807, 2.05) is 0 Å². The molecule has 0 radical (unpaired) electrons. The highest BCUT2D eigenvalue weighted by Gasteiger charge is 2.41. The second-order valence-electron chi connectivity index (χ2n) is 39.0. The monoisotopic (exact) mass is 1660 g/mol. The zero-order valence-corrected chi connectivity index (χ0v) is 76.3. The molecule has 0 spiro atoms. The van der Waals surface area contributed by atoms with Gasteiger partial charge in [-0.1, -0.05) is 473 Å². The molecule has 0 saturated heterocycles. The van der Waals surface area contributed by atoms with Crippen molar-refractivity contribution in [3.05, 3.63) is 468 Å². The smallest absolute Gasteiger partial charge is 0.0159 e. The maximum atomic E-state index is 2.44. The Balaban J connectivity index is 0.000000114.